The number of para-hydroxylation sites is 1. The lowest BCUT2D eigenvalue weighted by molar-refractivity contribution is -0.384. The number of halogens is 1. The minimum atomic E-state index is -0.482. The number of hydrogen-bond donors (Lipinski definition) is 3. The molecular formula is C17H16ClN5O3. The van der Waals surface area contributed by atoms with Crippen molar-refractivity contribution in [1.29, 1.82) is 0 Å². The highest BCUT2D eigenvalue weighted by molar-refractivity contribution is 6.03. The topological polar surface area (TPSA) is 126 Å². The number of non-ortho nitro benzene ring substituents is 1. The number of amides is 1. The maximum absolute atomic E-state index is 12.1. The molecule has 0 bridgehead atoms. The summed E-state index contributed by atoms with van der Waals surface area (Å²) < 4.78 is 0. The Bertz CT molecular complexity index is 933. The number of aromatic nitrogens is 1. The van der Waals surface area contributed by atoms with Crippen LogP contribution in [0.25, 0.3) is 10.9 Å². The van der Waals surface area contributed by atoms with Crippen molar-refractivity contribution in [2.45, 2.75) is 6.54 Å². The van der Waals surface area contributed by atoms with Gasteiger partial charge in [0.15, 0.2) is 5.96 Å². The number of fused-ring (bicyclic) bond motifs is 1. The van der Waals surface area contributed by atoms with Crippen LogP contribution in [0.1, 0.15) is 16.1 Å². The molecule has 8 nitrogen and oxygen atoms in total. The van der Waals surface area contributed by atoms with Crippen LogP contribution in [0.2, 0.25) is 0 Å². The van der Waals surface area contributed by atoms with Gasteiger partial charge in [-0.2, -0.15) is 4.99 Å². The molecule has 1 amide bonds. The van der Waals surface area contributed by atoms with E-state index in [1.165, 1.54) is 12.1 Å². The van der Waals surface area contributed by atoms with Gasteiger partial charge in [0.2, 0.25) is 0 Å². The summed E-state index contributed by atoms with van der Waals surface area (Å²) in [5, 5.41) is 14.3. The average Bonchev–Trinajstić information content (AvgIpc) is 3.04. The standard InChI is InChI=1S/C17H15N5O3.ClH/c18-17(19-10-11-5-7-13(8-6-11)22(24)25)21-16(23)15-9-12-3-1-2-4-14(12)20-15;/h1-9,20H,10H2,(H3,18,19,21,23);1H. The molecule has 0 saturated heterocycles. The van der Waals surface area contributed by atoms with Crippen LogP contribution in [-0.4, -0.2) is 21.8 Å². The first kappa shape index (κ1) is 18.9. The van der Waals surface area contributed by atoms with Gasteiger partial charge in [0.05, 0.1) is 4.92 Å². The predicted molar refractivity (Wildman–Crippen MR) is 101 cm³/mol. The van der Waals surface area contributed by atoms with E-state index in [-0.39, 0.29) is 24.1 Å². The number of carbonyl (C=O) groups excluding carboxylic acids is 1. The molecule has 0 spiro atoms. The smallest absolute Gasteiger partial charge is 0.296 e. The molecule has 9 heteroatoms. The van der Waals surface area contributed by atoms with Gasteiger partial charge in [0.25, 0.3) is 11.6 Å². The number of aromatic amines is 1. The molecule has 0 aliphatic rings. The number of carbonyl (C=O) groups is 1. The lowest BCUT2D eigenvalue weighted by Crippen LogP contribution is -2.32. The van der Waals surface area contributed by atoms with Crippen LogP contribution >= 0.6 is 12.4 Å². The molecule has 0 atom stereocenters. The highest BCUT2D eigenvalue weighted by Gasteiger charge is 2.09. The zero-order valence-corrected chi connectivity index (χ0v) is 14.3. The maximum Gasteiger partial charge on any atom is 0.296 e. The van der Waals surface area contributed by atoms with E-state index in [9.17, 15) is 14.9 Å². The van der Waals surface area contributed by atoms with Crippen molar-refractivity contribution >= 4 is 40.9 Å². The lowest BCUT2D eigenvalue weighted by Gasteiger charge is -2.04. The molecule has 3 aromatic rings. The highest BCUT2D eigenvalue weighted by Crippen LogP contribution is 2.15. The Kier molecular flexibility index (Phi) is 5.92. The fourth-order valence-electron chi connectivity index (χ4n) is 2.33. The molecule has 26 heavy (non-hydrogen) atoms. The van der Waals surface area contributed by atoms with Crippen LogP contribution in [0.3, 0.4) is 0 Å². The lowest BCUT2D eigenvalue weighted by atomic mass is 10.2. The SMILES string of the molecule is Cl.NC(=NC(=O)c1cc2ccccc2[nH]1)NCc1ccc([N+](=O)[O-])cc1. The van der Waals surface area contributed by atoms with Crippen LogP contribution in [-0.2, 0) is 6.54 Å². The summed E-state index contributed by atoms with van der Waals surface area (Å²) in [5.41, 5.74) is 7.72. The zero-order valence-electron chi connectivity index (χ0n) is 13.5. The molecule has 134 valence electrons. The summed E-state index contributed by atoms with van der Waals surface area (Å²) in [6, 6.07) is 15.2. The van der Waals surface area contributed by atoms with Gasteiger partial charge in [0.1, 0.15) is 5.69 Å². The number of H-pyrrole nitrogens is 1. The van der Waals surface area contributed by atoms with Crippen LogP contribution < -0.4 is 11.1 Å². The number of nitrogens with two attached hydrogens (primary N) is 1. The Labute approximate surface area is 154 Å². The highest BCUT2D eigenvalue weighted by atomic mass is 35.5. The quantitative estimate of drug-likeness (QED) is 0.280. The summed E-state index contributed by atoms with van der Waals surface area (Å²) in [7, 11) is 0. The first-order valence-corrected chi connectivity index (χ1v) is 7.46. The first-order valence-electron chi connectivity index (χ1n) is 7.46. The van der Waals surface area contributed by atoms with Gasteiger partial charge >= 0.3 is 0 Å². The Morgan fingerprint density at radius 2 is 1.88 bits per heavy atom. The number of rotatable bonds is 4. The Morgan fingerprint density at radius 1 is 1.19 bits per heavy atom. The number of guanidine groups is 1. The summed E-state index contributed by atoms with van der Waals surface area (Å²) >= 11 is 0. The number of aliphatic imine (C=N–C) groups is 1. The fraction of sp³-hybridized carbons (Fsp3) is 0.0588. The van der Waals surface area contributed by atoms with Crippen LogP contribution in [0, 0.1) is 10.1 Å². The summed E-state index contributed by atoms with van der Waals surface area (Å²) in [6.07, 6.45) is 0. The molecule has 1 heterocycles. The van der Waals surface area contributed by atoms with Crippen LogP contribution in [0.15, 0.2) is 59.6 Å². The molecule has 0 aliphatic carbocycles. The molecule has 0 saturated carbocycles. The predicted octanol–water partition coefficient (Wildman–Crippen LogP) is 2.74. The molecule has 0 aliphatic heterocycles. The second-order valence-corrected chi connectivity index (χ2v) is 5.35. The van der Waals surface area contributed by atoms with Gasteiger partial charge in [0, 0.05) is 29.6 Å². The first-order chi connectivity index (χ1) is 12.0. The Hall–Kier alpha value is -3.39. The van der Waals surface area contributed by atoms with Crippen molar-refractivity contribution in [3.8, 4) is 0 Å². The largest absolute Gasteiger partial charge is 0.370 e. The minimum Gasteiger partial charge on any atom is -0.370 e. The summed E-state index contributed by atoms with van der Waals surface area (Å²) in [6.45, 7) is 0.299. The third kappa shape index (κ3) is 4.37. The molecule has 4 N–H and O–H groups in total. The van der Waals surface area contributed by atoms with Crippen molar-refractivity contribution in [3.63, 3.8) is 0 Å². The van der Waals surface area contributed by atoms with E-state index >= 15 is 0 Å². The van der Waals surface area contributed by atoms with E-state index in [4.69, 9.17) is 5.73 Å². The monoisotopic (exact) mass is 373 g/mol. The van der Waals surface area contributed by atoms with Gasteiger partial charge in [-0.1, -0.05) is 30.3 Å². The van der Waals surface area contributed by atoms with E-state index in [0.717, 1.165) is 16.5 Å². The average molecular weight is 374 g/mol. The summed E-state index contributed by atoms with van der Waals surface area (Å²) in [4.78, 5) is 29.1. The van der Waals surface area contributed by atoms with Gasteiger partial charge < -0.3 is 16.0 Å². The van der Waals surface area contributed by atoms with E-state index in [1.54, 1.807) is 18.2 Å². The molecule has 2 aromatic carbocycles. The van der Waals surface area contributed by atoms with Crippen molar-refractivity contribution < 1.29 is 9.72 Å². The van der Waals surface area contributed by atoms with E-state index in [1.807, 2.05) is 24.3 Å². The number of hydrogen-bond acceptors (Lipinski definition) is 3. The van der Waals surface area contributed by atoms with Gasteiger partial charge in [-0.3, -0.25) is 14.9 Å². The second-order valence-electron chi connectivity index (χ2n) is 5.35. The van der Waals surface area contributed by atoms with E-state index < -0.39 is 10.8 Å². The van der Waals surface area contributed by atoms with Gasteiger partial charge in [-0.05, 0) is 17.7 Å². The Balaban J connectivity index is 0.00000243. The number of nitro benzene ring substituents is 1. The molecule has 3 rings (SSSR count). The second kappa shape index (κ2) is 8.13. The number of benzene rings is 2. The third-order valence-electron chi connectivity index (χ3n) is 3.60. The number of nitrogens with one attached hydrogen (secondary N) is 2. The molecule has 0 radical (unpaired) electrons. The molecule has 0 unspecified atom stereocenters. The zero-order chi connectivity index (χ0) is 17.8. The van der Waals surface area contributed by atoms with Gasteiger partial charge in [-0.15, -0.1) is 12.4 Å². The molecular weight excluding hydrogens is 358 g/mol. The van der Waals surface area contributed by atoms with Crippen LogP contribution in [0.5, 0.6) is 0 Å². The van der Waals surface area contributed by atoms with Crippen LogP contribution in [0.4, 0.5) is 5.69 Å². The van der Waals surface area contributed by atoms with Crippen molar-refractivity contribution in [3.05, 3.63) is 76.0 Å². The Morgan fingerprint density at radius 3 is 2.54 bits per heavy atom. The van der Waals surface area contributed by atoms with Crippen molar-refractivity contribution in [2.75, 3.05) is 0 Å². The van der Waals surface area contributed by atoms with E-state index in [0.29, 0.717) is 12.2 Å². The van der Waals surface area contributed by atoms with Crippen molar-refractivity contribution in [2.24, 2.45) is 10.7 Å². The van der Waals surface area contributed by atoms with E-state index in [2.05, 4.69) is 15.3 Å². The third-order valence-corrected chi connectivity index (χ3v) is 3.60. The fourth-order valence-corrected chi connectivity index (χ4v) is 2.33. The molecule has 0 fully saturated rings. The van der Waals surface area contributed by atoms with Gasteiger partial charge in [-0.25, -0.2) is 0 Å². The normalized spacial score (nSPS) is 11.0. The molecule has 1 aromatic heterocycles. The van der Waals surface area contributed by atoms with Crippen molar-refractivity contribution in [1.82, 2.24) is 10.3 Å². The summed E-state index contributed by atoms with van der Waals surface area (Å²) in [5.74, 6) is -0.507. The number of nitrogens with zero attached hydrogens (tertiary/aromatic N) is 2. The number of nitro groups is 1. The minimum absolute atomic E-state index is 0. The maximum atomic E-state index is 12.1.